The third-order valence-corrected chi connectivity index (χ3v) is 4.74. The molecule has 0 N–H and O–H groups in total. The van der Waals surface area contributed by atoms with Gasteiger partial charge in [0.1, 0.15) is 5.75 Å². The number of para-hydroxylation sites is 1. The third-order valence-electron chi connectivity index (χ3n) is 3.70. The van der Waals surface area contributed by atoms with Crippen LogP contribution in [0.5, 0.6) is 5.75 Å². The van der Waals surface area contributed by atoms with Gasteiger partial charge in [0.25, 0.3) is 5.91 Å². The molecule has 0 aliphatic rings. The summed E-state index contributed by atoms with van der Waals surface area (Å²) in [5, 5.41) is 0. The molecule has 1 aromatic heterocycles. The number of terminal acetylenes is 1. The summed E-state index contributed by atoms with van der Waals surface area (Å²) in [5.74, 6) is 2.93. The van der Waals surface area contributed by atoms with Crippen LogP contribution >= 0.6 is 11.3 Å². The highest BCUT2D eigenvalue weighted by Gasteiger charge is 2.15. The van der Waals surface area contributed by atoms with Crippen molar-refractivity contribution in [1.29, 1.82) is 0 Å². The summed E-state index contributed by atoms with van der Waals surface area (Å²) in [5.41, 5.74) is 2.14. The first-order chi connectivity index (χ1) is 12.1. The minimum Gasteiger partial charge on any atom is -0.481 e. The predicted octanol–water partition coefficient (Wildman–Crippen LogP) is 3.54. The van der Waals surface area contributed by atoms with Crippen LogP contribution in [0.25, 0.3) is 10.2 Å². The zero-order valence-corrected chi connectivity index (χ0v) is 14.9. The van der Waals surface area contributed by atoms with Crippen LogP contribution in [0.15, 0.2) is 53.5 Å². The van der Waals surface area contributed by atoms with Crippen LogP contribution in [0.2, 0.25) is 0 Å². The predicted molar refractivity (Wildman–Crippen MR) is 100 cm³/mol. The van der Waals surface area contributed by atoms with Crippen molar-refractivity contribution < 1.29 is 9.53 Å². The lowest BCUT2D eigenvalue weighted by Crippen LogP contribution is -2.26. The first-order valence-corrected chi connectivity index (χ1v) is 8.74. The standard InChI is InChI=1S/C20H18N2O2S/c1-4-12-22-17-11-10-14(2)13-18(17)25-20(22)21-19(23)15(3)24-16-8-6-5-7-9-16/h1,5-11,13,15H,12H2,2-3H3. The molecule has 3 aromatic rings. The lowest BCUT2D eigenvalue weighted by Gasteiger charge is -2.10. The minimum atomic E-state index is -0.673. The molecule has 0 fully saturated rings. The summed E-state index contributed by atoms with van der Waals surface area (Å²) in [4.78, 5) is 17.3. The zero-order chi connectivity index (χ0) is 17.8. The van der Waals surface area contributed by atoms with E-state index in [1.807, 2.05) is 54.0 Å². The molecular weight excluding hydrogens is 332 g/mol. The molecule has 0 aliphatic heterocycles. The van der Waals surface area contributed by atoms with Gasteiger partial charge in [-0.1, -0.05) is 41.5 Å². The van der Waals surface area contributed by atoms with Gasteiger partial charge in [-0.25, -0.2) is 0 Å². The Morgan fingerprint density at radius 2 is 2.08 bits per heavy atom. The molecule has 1 amide bonds. The van der Waals surface area contributed by atoms with Gasteiger partial charge in [-0.2, -0.15) is 4.99 Å². The summed E-state index contributed by atoms with van der Waals surface area (Å²) in [6.07, 6.45) is 4.81. The maximum absolute atomic E-state index is 12.5. The van der Waals surface area contributed by atoms with Crippen molar-refractivity contribution in [1.82, 2.24) is 4.57 Å². The summed E-state index contributed by atoms with van der Waals surface area (Å²) in [6, 6.07) is 15.3. The van der Waals surface area contributed by atoms with Crippen molar-refractivity contribution in [2.45, 2.75) is 26.5 Å². The van der Waals surface area contributed by atoms with Crippen molar-refractivity contribution in [2.75, 3.05) is 0 Å². The van der Waals surface area contributed by atoms with E-state index in [1.165, 1.54) is 11.3 Å². The second-order valence-corrected chi connectivity index (χ2v) is 6.68. The monoisotopic (exact) mass is 350 g/mol. The van der Waals surface area contributed by atoms with E-state index in [0.717, 1.165) is 15.8 Å². The van der Waals surface area contributed by atoms with Crippen molar-refractivity contribution >= 4 is 27.5 Å². The van der Waals surface area contributed by atoms with Gasteiger partial charge >= 0.3 is 0 Å². The van der Waals surface area contributed by atoms with Crippen molar-refractivity contribution in [3.63, 3.8) is 0 Å². The molecule has 0 bridgehead atoms. The van der Waals surface area contributed by atoms with Crippen molar-refractivity contribution in [2.24, 2.45) is 4.99 Å². The Morgan fingerprint density at radius 3 is 2.80 bits per heavy atom. The smallest absolute Gasteiger partial charge is 0.289 e. The van der Waals surface area contributed by atoms with Crippen LogP contribution in [0.3, 0.4) is 0 Å². The molecule has 126 valence electrons. The van der Waals surface area contributed by atoms with Crippen LogP contribution in [0.1, 0.15) is 12.5 Å². The highest BCUT2D eigenvalue weighted by molar-refractivity contribution is 7.16. The topological polar surface area (TPSA) is 43.6 Å². The maximum atomic E-state index is 12.5. The Hall–Kier alpha value is -2.84. The number of amides is 1. The number of carbonyl (C=O) groups is 1. The SMILES string of the molecule is C#CCn1c(=NC(=O)C(C)Oc2ccccc2)sc2cc(C)ccc21. The largest absolute Gasteiger partial charge is 0.481 e. The summed E-state index contributed by atoms with van der Waals surface area (Å²) < 4.78 is 8.59. The van der Waals surface area contributed by atoms with Crippen LogP contribution in [-0.4, -0.2) is 16.6 Å². The average molecular weight is 350 g/mol. The van der Waals surface area contributed by atoms with Gasteiger partial charge in [0, 0.05) is 0 Å². The first-order valence-electron chi connectivity index (χ1n) is 7.92. The zero-order valence-electron chi connectivity index (χ0n) is 14.1. The van der Waals surface area contributed by atoms with E-state index in [2.05, 4.69) is 17.0 Å². The second-order valence-electron chi connectivity index (χ2n) is 5.67. The molecule has 2 aromatic carbocycles. The van der Waals surface area contributed by atoms with Crippen molar-refractivity contribution in [3.8, 4) is 18.1 Å². The van der Waals surface area contributed by atoms with E-state index in [9.17, 15) is 4.79 Å². The van der Waals surface area contributed by atoms with E-state index >= 15 is 0 Å². The number of rotatable bonds is 4. The number of carbonyl (C=O) groups excluding carboxylic acids is 1. The van der Waals surface area contributed by atoms with Gasteiger partial charge in [-0.3, -0.25) is 4.79 Å². The fourth-order valence-corrected chi connectivity index (χ4v) is 3.58. The fraction of sp³-hybridized carbons (Fsp3) is 0.200. The third kappa shape index (κ3) is 3.81. The lowest BCUT2D eigenvalue weighted by atomic mass is 10.2. The average Bonchev–Trinajstić information content (AvgIpc) is 2.92. The Morgan fingerprint density at radius 1 is 1.32 bits per heavy atom. The molecule has 0 aliphatic carbocycles. The van der Waals surface area contributed by atoms with Gasteiger partial charge in [0.05, 0.1) is 16.8 Å². The second kappa shape index (κ2) is 7.37. The highest BCUT2D eigenvalue weighted by atomic mass is 32.1. The number of ether oxygens (including phenoxy) is 1. The highest BCUT2D eigenvalue weighted by Crippen LogP contribution is 2.19. The number of aryl methyl sites for hydroxylation is 1. The summed E-state index contributed by atoms with van der Waals surface area (Å²) in [6.45, 7) is 4.09. The Labute approximate surface area is 150 Å². The van der Waals surface area contributed by atoms with Crippen LogP contribution in [-0.2, 0) is 11.3 Å². The summed E-state index contributed by atoms with van der Waals surface area (Å²) in [7, 11) is 0. The van der Waals surface area contributed by atoms with Gasteiger partial charge in [0.15, 0.2) is 10.9 Å². The number of fused-ring (bicyclic) bond motifs is 1. The molecule has 1 atom stereocenters. The first kappa shape index (κ1) is 17.0. The lowest BCUT2D eigenvalue weighted by molar-refractivity contribution is -0.124. The molecule has 4 nitrogen and oxygen atoms in total. The number of aromatic nitrogens is 1. The van der Waals surface area contributed by atoms with Gasteiger partial charge in [-0.05, 0) is 43.7 Å². The number of hydrogen-bond donors (Lipinski definition) is 0. The number of nitrogens with zero attached hydrogens (tertiary/aromatic N) is 2. The Kier molecular flexibility index (Phi) is 5.01. The number of hydrogen-bond acceptors (Lipinski definition) is 3. The molecule has 5 heteroatoms. The quantitative estimate of drug-likeness (QED) is 0.676. The Bertz CT molecular complexity index is 1010. The van der Waals surface area contributed by atoms with E-state index in [1.54, 1.807) is 6.92 Å². The maximum Gasteiger partial charge on any atom is 0.289 e. The van der Waals surface area contributed by atoms with E-state index in [-0.39, 0.29) is 5.91 Å². The number of thiazole rings is 1. The van der Waals surface area contributed by atoms with E-state index in [0.29, 0.717) is 17.1 Å². The van der Waals surface area contributed by atoms with Crippen LogP contribution in [0, 0.1) is 19.3 Å². The minimum absolute atomic E-state index is 0.335. The van der Waals surface area contributed by atoms with E-state index in [4.69, 9.17) is 11.2 Å². The number of benzene rings is 2. The van der Waals surface area contributed by atoms with Crippen molar-refractivity contribution in [3.05, 3.63) is 58.9 Å². The molecule has 0 saturated carbocycles. The van der Waals surface area contributed by atoms with Crippen LogP contribution in [0.4, 0.5) is 0 Å². The molecule has 3 rings (SSSR count). The van der Waals surface area contributed by atoms with E-state index < -0.39 is 6.10 Å². The van der Waals surface area contributed by atoms with Gasteiger partial charge < -0.3 is 9.30 Å². The Balaban J connectivity index is 1.95. The normalized spacial score (nSPS) is 12.8. The molecule has 0 spiro atoms. The summed E-state index contributed by atoms with van der Waals surface area (Å²) >= 11 is 1.45. The molecule has 0 radical (unpaired) electrons. The molecule has 1 heterocycles. The van der Waals surface area contributed by atoms with Crippen LogP contribution < -0.4 is 9.54 Å². The fourth-order valence-electron chi connectivity index (χ4n) is 2.45. The molecule has 0 saturated heterocycles. The molecule has 1 unspecified atom stereocenters. The molecule has 25 heavy (non-hydrogen) atoms. The van der Waals surface area contributed by atoms with Gasteiger partial charge in [-0.15, -0.1) is 6.42 Å². The molecular formula is C20H18N2O2S. The van der Waals surface area contributed by atoms with Gasteiger partial charge in [0.2, 0.25) is 0 Å².